The van der Waals surface area contributed by atoms with Crippen molar-refractivity contribution in [2.75, 3.05) is 13.7 Å². The largest absolute Gasteiger partial charge is 0.508 e. The van der Waals surface area contributed by atoms with Crippen LogP contribution in [0.2, 0.25) is 0 Å². The minimum Gasteiger partial charge on any atom is -0.508 e. The van der Waals surface area contributed by atoms with E-state index in [9.17, 15) is 14.7 Å². The fourth-order valence-electron chi connectivity index (χ4n) is 2.94. The number of benzene rings is 1. The number of H-pyrrole nitrogens is 1. The van der Waals surface area contributed by atoms with E-state index in [1.807, 2.05) is 13.8 Å². The number of methoxy groups -OCH3 is 1. The Hall–Kier alpha value is -2.87. The smallest absolute Gasteiger partial charge is 0.330 e. The predicted octanol–water partition coefficient (Wildman–Crippen LogP) is 1.56. The highest BCUT2D eigenvalue weighted by molar-refractivity contribution is 5.77. The summed E-state index contributed by atoms with van der Waals surface area (Å²) in [4.78, 5) is 31.8. The summed E-state index contributed by atoms with van der Waals surface area (Å²) in [6.07, 6.45) is 0. The first-order chi connectivity index (χ1) is 12.4. The quantitative estimate of drug-likeness (QED) is 0.696. The molecule has 0 radical (unpaired) electrons. The molecule has 0 aliphatic heterocycles. The third-order valence-electron chi connectivity index (χ3n) is 4.08. The second-order valence-corrected chi connectivity index (χ2v) is 6.56. The van der Waals surface area contributed by atoms with Gasteiger partial charge in [-0.25, -0.2) is 9.78 Å². The summed E-state index contributed by atoms with van der Waals surface area (Å²) >= 11 is 0. The maximum absolute atomic E-state index is 12.5. The minimum atomic E-state index is -0.473. The van der Waals surface area contributed by atoms with Gasteiger partial charge in [-0.15, -0.1) is 0 Å². The van der Waals surface area contributed by atoms with Gasteiger partial charge in [-0.2, -0.15) is 0 Å². The zero-order chi connectivity index (χ0) is 18.8. The van der Waals surface area contributed by atoms with Crippen molar-refractivity contribution in [1.82, 2.24) is 19.1 Å². The minimum absolute atomic E-state index is 0.142. The van der Waals surface area contributed by atoms with E-state index in [4.69, 9.17) is 4.74 Å². The van der Waals surface area contributed by atoms with Crippen LogP contribution in [0, 0.1) is 5.92 Å². The second-order valence-electron chi connectivity index (χ2n) is 6.56. The Balaban J connectivity index is 2.33. The van der Waals surface area contributed by atoms with Gasteiger partial charge in [-0.1, -0.05) is 13.8 Å². The van der Waals surface area contributed by atoms with Crippen molar-refractivity contribution in [3.8, 4) is 17.1 Å². The van der Waals surface area contributed by atoms with E-state index >= 15 is 0 Å². The van der Waals surface area contributed by atoms with Crippen LogP contribution in [0.25, 0.3) is 22.6 Å². The Morgan fingerprint density at radius 3 is 2.50 bits per heavy atom. The molecule has 8 nitrogen and oxygen atoms in total. The number of nitrogens with zero attached hydrogens (tertiary/aromatic N) is 3. The van der Waals surface area contributed by atoms with Gasteiger partial charge in [0.05, 0.1) is 6.61 Å². The summed E-state index contributed by atoms with van der Waals surface area (Å²) in [6.45, 7) is 5.23. The molecule has 2 N–H and O–H groups in total. The van der Waals surface area contributed by atoms with Crippen molar-refractivity contribution in [2.24, 2.45) is 5.92 Å². The van der Waals surface area contributed by atoms with E-state index in [1.54, 1.807) is 35.9 Å². The van der Waals surface area contributed by atoms with Crippen LogP contribution in [0.4, 0.5) is 0 Å². The van der Waals surface area contributed by atoms with Crippen LogP contribution in [0.1, 0.15) is 13.8 Å². The lowest BCUT2D eigenvalue weighted by Gasteiger charge is -2.10. The number of rotatable bonds is 6. The van der Waals surface area contributed by atoms with E-state index in [1.165, 1.54) is 4.57 Å². The number of aromatic nitrogens is 4. The standard InChI is InChI=1S/C18H22N4O4/c1-11(2)10-22-16-14(17(24)20-18(22)25)21(8-9-26-3)15(19-16)12-4-6-13(23)7-5-12/h4-7,11,23H,8-10H2,1-3H3,(H,20,24,25). The number of hydrogen-bond donors (Lipinski definition) is 2. The monoisotopic (exact) mass is 358 g/mol. The molecule has 0 fully saturated rings. The van der Waals surface area contributed by atoms with Gasteiger partial charge < -0.3 is 14.4 Å². The van der Waals surface area contributed by atoms with Crippen LogP contribution in [0.5, 0.6) is 5.75 Å². The number of aromatic amines is 1. The maximum Gasteiger partial charge on any atom is 0.330 e. The van der Waals surface area contributed by atoms with E-state index in [2.05, 4.69) is 9.97 Å². The molecule has 138 valence electrons. The summed E-state index contributed by atoms with van der Waals surface area (Å²) in [7, 11) is 1.58. The lowest BCUT2D eigenvalue weighted by molar-refractivity contribution is 0.188. The van der Waals surface area contributed by atoms with Gasteiger partial charge in [0.1, 0.15) is 11.6 Å². The third kappa shape index (κ3) is 3.28. The van der Waals surface area contributed by atoms with Gasteiger partial charge in [0, 0.05) is 25.8 Å². The van der Waals surface area contributed by atoms with Gasteiger partial charge in [0.15, 0.2) is 11.2 Å². The molecule has 26 heavy (non-hydrogen) atoms. The van der Waals surface area contributed by atoms with Crippen molar-refractivity contribution in [1.29, 1.82) is 0 Å². The summed E-state index contributed by atoms with van der Waals surface area (Å²) in [5, 5.41) is 9.53. The maximum atomic E-state index is 12.5. The van der Waals surface area contributed by atoms with Crippen molar-refractivity contribution in [3.05, 3.63) is 45.1 Å². The highest BCUT2D eigenvalue weighted by atomic mass is 16.5. The molecule has 2 aromatic heterocycles. The number of phenolic OH excluding ortho intramolecular Hbond substituents is 1. The first kappa shape index (κ1) is 17.9. The van der Waals surface area contributed by atoms with Crippen LogP contribution in [-0.2, 0) is 17.8 Å². The van der Waals surface area contributed by atoms with Gasteiger partial charge in [0.25, 0.3) is 5.56 Å². The molecule has 0 aliphatic carbocycles. The molecule has 8 heteroatoms. The van der Waals surface area contributed by atoms with E-state index in [-0.39, 0.29) is 11.7 Å². The lowest BCUT2D eigenvalue weighted by Crippen LogP contribution is -2.32. The van der Waals surface area contributed by atoms with Crippen LogP contribution in [-0.4, -0.2) is 37.9 Å². The molecule has 0 aliphatic rings. The zero-order valence-corrected chi connectivity index (χ0v) is 15.0. The number of nitrogens with one attached hydrogen (secondary N) is 1. The van der Waals surface area contributed by atoms with Gasteiger partial charge >= 0.3 is 5.69 Å². The Bertz CT molecular complexity index is 1030. The molecule has 1 aromatic carbocycles. The Morgan fingerprint density at radius 2 is 1.88 bits per heavy atom. The summed E-state index contributed by atoms with van der Waals surface area (Å²) in [5.41, 5.74) is 0.485. The molecule has 0 bridgehead atoms. The summed E-state index contributed by atoms with van der Waals surface area (Å²) < 4.78 is 8.41. The molecule has 0 amide bonds. The van der Waals surface area contributed by atoms with E-state index in [0.717, 1.165) is 5.56 Å². The lowest BCUT2D eigenvalue weighted by atomic mass is 10.2. The predicted molar refractivity (Wildman–Crippen MR) is 98.4 cm³/mol. The van der Waals surface area contributed by atoms with Crippen molar-refractivity contribution < 1.29 is 9.84 Å². The number of imidazole rings is 1. The zero-order valence-electron chi connectivity index (χ0n) is 15.0. The SMILES string of the molecule is COCCn1c(-c2ccc(O)cc2)nc2c1c(=O)[nH]c(=O)n2CC(C)C. The van der Waals surface area contributed by atoms with Gasteiger partial charge in [-0.05, 0) is 30.2 Å². The van der Waals surface area contributed by atoms with Crippen LogP contribution in [0.15, 0.2) is 33.9 Å². The highest BCUT2D eigenvalue weighted by Crippen LogP contribution is 2.24. The Kier molecular flexibility index (Phi) is 4.94. The molecule has 0 saturated carbocycles. The third-order valence-corrected chi connectivity index (χ3v) is 4.08. The topological polar surface area (TPSA) is 102 Å². The molecule has 3 rings (SSSR count). The average Bonchev–Trinajstić information content (AvgIpc) is 2.97. The van der Waals surface area contributed by atoms with Crippen molar-refractivity contribution in [3.63, 3.8) is 0 Å². The highest BCUT2D eigenvalue weighted by Gasteiger charge is 2.20. The molecule has 2 heterocycles. The van der Waals surface area contributed by atoms with Crippen LogP contribution in [0.3, 0.4) is 0 Å². The number of ether oxygens (including phenoxy) is 1. The van der Waals surface area contributed by atoms with Crippen molar-refractivity contribution >= 4 is 11.2 Å². The number of fused-ring (bicyclic) bond motifs is 1. The fraction of sp³-hybridized carbons (Fsp3) is 0.389. The first-order valence-electron chi connectivity index (χ1n) is 8.44. The summed E-state index contributed by atoms with van der Waals surface area (Å²) in [5.74, 6) is 0.900. The molecular weight excluding hydrogens is 336 g/mol. The van der Waals surface area contributed by atoms with Crippen molar-refractivity contribution in [2.45, 2.75) is 26.9 Å². The number of phenols is 1. The second kappa shape index (κ2) is 7.17. The molecule has 0 unspecified atom stereocenters. The number of aromatic hydroxyl groups is 1. The van der Waals surface area contributed by atoms with Crippen LogP contribution < -0.4 is 11.2 Å². The fourth-order valence-corrected chi connectivity index (χ4v) is 2.94. The van der Waals surface area contributed by atoms with Gasteiger partial charge in [0.2, 0.25) is 0 Å². The Morgan fingerprint density at radius 1 is 1.19 bits per heavy atom. The molecule has 3 aromatic rings. The van der Waals surface area contributed by atoms with Gasteiger partial charge in [-0.3, -0.25) is 14.3 Å². The average molecular weight is 358 g/mol. The van der Waals surface area contributed by atoms with Crippen LogP contribution >= 0.6 is 0 Å². The number of hydrogen-bond acceptors (Lipinski definition) is 5. The Labute approximate surface area is 149 Å². The summed E-state index contributed by atoms with van der Waals surface area (Å²) in [6, 6.07) is 6.55. The van der Waals surface area contributed by atoms with E-state index in [0.29, 0.717) is 36.7 Å². The normalized spacial score (nSPS) is 11.5. The molecular formula is C18H22N4O4. The molecule has 0 spiro atoms. The molecule has 0 saturated heterocycles. The first-order valence-corrected chi connectivity index (χ1v) is 8.44. The van der Waals surface area contributed by atoms with E-state index < -0.39 is 11.2 Å². The molecule has 0 atom stereocenters.